The van der Waals surface area contributed by atoms with Crippen molar-refractivity contribution in [2.45, 2.75) is 0 Å². The average molecular weight is 672 g/mol. The van der Waals surface area contributed by atoms with Gasteiger partial charge in [0.1, 0.15) is 0 Å². The largest absolute Gasteiger partial charge is 3.00 e. The Labute approximate surface area is 135 Å². The Balaban J connectivity index is -0.0000000400. The Morgan fingerprint density at radius 2 is 0.412 bits per heavy atom. The number of hydrogen-bond donors (Lipinski definition) is 0. The van der Waals surface area contributed by atoms with Crippen molar-refractivity contribution in [3.05, 3.63) is 0 Å². The van der Waals surface area contributed by atoms with Crippen molar-refractivity contribution in [1.82, 2.24) is 0 Å². The standard InChI is InChI=1S/3H2O4Se.2Sb/c3*1-5(2,3)4;;/h3*(H2,1,2,3,4);;/q;;;2*+3/p-6. The first-order valence-electron chi connectivity index (χ1n) is 2.00. The summed E-state index contributed by atoms with van der Waals surface area (Å²) in [4.78, 5) is 0. The predicted molar refractivity (Wildman–Crippen MR) is 32.9 cm³/mol. The molecule has 0 saturated carbocycles. The minimum atomic E-state index is -5.75. The molecule has 0 amide bonds. The zero-order chi connectivity index (χ0) is 13.5. The van der Waals surface area contributed by atoms with Gasteiger partial charge in [0.25, 0.3) is 0 Å². The average Bonchev–Trinajstić information content (AvgIpc) is 1.41. The molecule has 0 aliphatic carbocycles. The van der Waals surface area contributed by atoms with E-state index in [4.69, 9.17) is 48.1 Å². The fourth-order valence-electron chi connectivity index (χ4n) is 0. The molecule has 0 spiro atoms. The third-order valence-corrected chi connectivity index (χ3v) is 0. The van der Waals surface area contributed by atoms with Crippen LogP contribution in [0.3, 0.4) is 0 Å². The SMILES string of the molecule is O=[Se](=O)([O-])[O-].O=[Se](=O)([O-])[O-].O=[Se](=O)([O-])[O-].[Sb+3].[Sb+3]. The molecule has 0 unspecified atom stereocenters. The Morgan fingerprint density at radius 1 is 0.412 bits per heavy atom. The second kappa shape index (κ2) is 12.8. The van der Waals surface area contributed by atoms with E-state index in [1.807, 2.05) is 0 Å². The van der Waals surface area contributed by atoms with Crippen molar-refractivity contribution >= 4 is 89.0 Å². The van der Waals surface area contributed by atoms with Crippen LogP contribution in [0.25, 0.3) is 0 Å². The van der Waals surface area contributed by atoms with Gasteiger partial charge >= 0.3 is 137 Å². The van der Waals surface area contributed by atoms with Crippen LogP contribution in [-0.4, -0.2) is 89.0 Å². The molecule has 17 heteroatoms. The molecular weight excluding hydrogens is 672 g/mol. The third-order valence-electron chi connectivity index (χ3n) is 0. The molecule has 17 heavy (non-hydrogen) atoms. The summed E-state index contributed by atoms with van der Waals surface area (Å²) in [5.74, 6) is 0. The molecule has 0 aliphatic heterocycles. The number of rotatable bonds is 0. The fourth-order valence-corrected chi connectivity index (χ4v) is 0. The van der Waals surface area contributed by atoms with E-state index in [1.165, 1.54) is 0 Å². The van der Waals surface area contributed by atoms with Crippen LogP contribution in [0.15, 0.2) is 0 Å². The summed E-state index contributed by atoms with van der Waals surface area (Å²) < 4.78 is 103. The van der Waals surface area contributed by atoms with Gasteiger partial charge < -0.3 is 0 Å². The van der Waals surface area contributed by atoms with Gasteiger partial charge in [0, 0.05) is 0 Å². The molecule has 0 aliphatic rings. The van der Waals surface area contributed by atoms with Gasteiger partial charge in [0.05, 0.1) is 0 Å². The van der Waals surface area contributed by atoms with Crippen molar-refractivity contribution in [3.8, 4) is 0 Å². The molecule has 0 bridgehead atoms. The van der Waals surface area contributed by atoms with E-state index in [1.54, 1.807) is 0 Å². The van der Waals surface area contributed by atoms with Crippen LogP contribution in [0.4, 0.5) is 0 Å². The molecule has 12 nitrogen and oxygen atoms in total. The van der Waals surface area contributed by atoms with Gasteiger partial charge in [-0.3, -0.25) is 0 Å². The zero-order valence-electron chi connectivity index (χ0n) is 7.02. The normalized spacial score (nSPS) is 10.2. The van der Waals surface area contributed by atoms with E-state index >= 15 is 0 Å². The maximum absolute atomic E-state index is 8.59. The maximum atomic E-state index is 8.59. The van der Waals surface area contributed by atoms with Crippen LogP contribution in [0.1, 0.15) is 0 Å². The van der Waals surface area contributed by atoms with E-state index in [2.05, 4.69) is 0 Å². The molecular formula is O12Sb2Se3. The summed E-state index contributed by atoms with van der Waals surface area (Å²) in [6.07, 6.45) is 0. The molecule has 0 aromatic carbocycles. The van der Waals surface area contributed by atoms with Gasteiger partial charge in [0.2, 0.25) is 0 Å². The first-order chi connectivity index (χ1) is 6.00. The van der Waals surface area contributed by atoms with Gasteiger partial charge in [-0.05, 0) is 0 Å². The smallest absolute Gasteiger partial charge is 3.00 e. The van der Waals surface area contributed by atoms with Gasteiger partial charge in [-0.1, -0.05) is 0 Å². The van der Waals surface area contributed by atoms with E-state index in [9.17, 15) is 0 Å². The van der Waals surface area contributed by atoms with Crippen molar-refractivity contribution in [2.24, 2.45) is 0 Å². The van der Waals surface area contributed by atoms with Crippen molar-refractivity contribution in [1.29, 1.82) is 0 Å². The first-order valence-corrected chi connectivity index (χ1v) is 10.4. The zero-order valence-corrected chi connectivity index (χ0v) is 17.3. The van der Waals surface area contributed by atoms with Crippen LogP contribution >= 0.6 is 0 Å². The second-order valence-corrected chi connectivity index (χ2v) is 6.36. The Hall–Kier alpha value is 1.75. The third kappa shape index (κ3) is 1430. The van der Waals surface area contributed by atoms with E-state index in [0.717, 1.165) is 0 Å². The molecule has 0 rings (SSSR count). The van der Waals surface area contributed by atoms with Gasteiger partial charge in [-0.15, -0.1) is 0 Å². The van der Waals surface area contributed by atoms with Crippen LogP contribution in [0, 0.1) is 0 Å². The van der Waals surface area contributed by atoms with Gasteiger partial charge in [0.15, 0.2) is 0 Å². The summed E-state index contributed by atoms with van der Waals surface area (Å²) in [5.41, 5.74) is 0. The van der Waals surface area contributed by atoms with Gasteiger partial charge in [-0.2, -0.15) is 0 Å². The Bertz CT molecular complexity index is 341. The van der Waals surface area contributed by atoms with E-state index in [-0.39, 0.29) is 48.9 Å². The Morgan fingerprint density at radius 3 is 0.412 bits per heavy atom. The minimum absolute atomic E-state index is 0. The summed E-state index contributed by atoms with van der Waals surface area (Å²) in [5, 5.41) is 0. The summed E-state index contributed by atoms with van der Waals surface area (Å²) >= 11 is -17.2. The minimum Gasteiger partial charge on any atom is 3.00 e. The monoisotopic (exact) mass is 673 g/mol. The number of hydrogen-bond acceptors (Lipinski definition) is 12. The predicted octanol–water partition coefficient (Wildman–Crippen LogP) is -9.75. The molecule has 0 aromatic heterocycles. The molecule has 4 radical (unpaired) electrons. The molecule has 0 aromatic rings. The van der Waals surface area contributed by atoms with E-state index < -0.39 is 40.1 Å². The second-order valence-electron chi connectivity index (χ2n) is 1.22. The van der Waals surface area contributed by atoms with Crippen molar-refractivity contribution in [2.75, 3.05) is 0 Å². The van der Waals surface area contributed by atoms with Crippen LogP contribution < -0.4 is 25.1 Å². The molecule has 0 heterocycles. The topological polar surface area (TPSA) is 241 Å². The maximum Gasteiger partial charge on any atom is 3.00 e. The molecule has 0 atom stereocenters. The van der Waals surface area contributed by atoms with Crippen molar-refractivity contribution in [3.63, 3.8) is 0 Å². The molecule has 100 valence electrons. The van der Waals surface area contributed by atoms with E-state index in [0.29, 0.717) is 0 Å². The summed E-state index contributed by atoms with van der Waals surface area (Å²) in [6, 6.07) is 0. The Kier molecular flexibility index (Phi) is 23.5. The molecule has 0 fully saturated rings. The summed E-state index contributed by atoms with van der Waals surface area (Å²) in [6.45, 7) is 0. The first kappa shape index (κ1) is 31.2. The van der Waals surface area contributed by atoms with Crippen LogP contribution in [0.5, 0.6) is 0 Å². The molecule has 0 N–H and O–H groups in total. The fraction of sp³-hybridized carbons (Fsp3) is 0. The van der Waals surface area contributed by atoms with Crippen LogP contribution in [0.2, 0.25) is 0 Å². The van der Waals surface area contributed by atoms with Gasteiger partial charge in [-0.25, -0.2) is 0 Å². The quantitative estimate of drug-likeness (QED) is 0.218. The van der Waals surface area contributed by atoms with Crippen LogP contribution in [-0.2, 0) is 23.0 Å². The van der Waals surface area contributed by atoms with Crippen molar-refractivity contribution < 1.29 is 48.1 Å². The summed E-state index contributed by atoms with van der Waals surface area (Å²) in [7, 11) is 0. The molecule has 0 saturated heterocycles.